The molecule has 0 radical (unpaired) electrons. The highest BCUT2D eigenvalue weighted by atomic mass is 31.2. The molecule has 4 N–H and O–H groups in total. The maximum Gasteiger partial charge on any atom is 0.524 e. The summed E-state index contributed by atoms with van der Waals surface area (Å²) in [6.07, 6.45) is 0.666. The van der Waals surface area contributed by atoms with Crippen LogP contribution in [0.1, 0.15) is 0 Å². The first kappa shape index (κ1) is 11.6. The Labute approximate surface area is 66.9 Å². The molecular weight excluding hydrogens is 214 g/mol. The van der Waals surface area contributed by atoms with E-state index in [-0.39, 0.29) is 0 Å². The van der Waals surface area contributed by atoms with E-state index in [9.17, 15) is 9.13 Å². The average molecular weight is 220 g/mol. The molecule has 8 nitrogen and oxygen atoms in total. The second-order valence-electron chi connectivity index (χ2n) is 1.46. The number of phosphoric ester groups is 2. The quantitative estimate of drug-likeness (QED) is 0.374. The normalized spacial score (nSPS) is 13.3. The SMILES string of the molecule is O=P(O)(O)O/C=C/OP(=O)(O)O. The van der Waals surface area contributed by atoms with E-state index in [1.54, 1.807) is 0 Å². The molecule has 0 saturated heterocycles. The van der Waals surface area contributed by atoms with E-state index < -0.39 is 15.6 Å². The van der Waals surface area contributed by atoms with Crippen molar-refractivity contribution < 1.29 is 37.8 Å². The van der Waals surface area contributed by atoms with Gasteiger partial charge in [-0.2, -0.15) is 0 Å². The summed E-state index contributed by atoms with van der Waals surface area (Å²) in [6, 6.07) is 0. The Bertz CT molecular complexity index is 218. The van der Waals surface area contributed by atoms with E-state index in [4.69, 9.17) is 19.6 Å². The summed E-state index contributed by atoms with van der Waals surface area (Å²) in [6.45, 7) is 0. The van der Waals surface area contributed by atoms with Crippen LogP contribution in [0.5, 0.6) is 0 Å². The largest absolute Gasteiger partial charge is 0.524 e. The Kier molecular flexibility index (Phi) is 3.92. The van der Waals surface area contributed by atoms with Crippen LogP contribution in [0.25, 0.3) is 0 Å². The van der Waals surface area contributed by atoms with Crippen molar-refractivity contribution in [2.24, 2.45) is 0 Å². The second kappa shape index (κ2) is 4.04. The van der Waals surface area contributed by atoms with Gasteiger partial charge in [-0.1, -0.05) is 0 Å². The third-order valence-electron chi connectivity index (χ3n) is 0.452. The molecule has 72 valence electrons. The molecule has 0 aliphatic carbocycles. The van der Waals surface area contributed by atoms with Crippen molar-refractivity contribution in [2.45, 2.75) is 0 Å². The van der Waals surface area contributed by atoms with Gasteiger partial charge in [0.1, 0.15) is 12.5 Å². The van der Waals surface area contributed by atoms with E-state index in [1.807, 2.05) is 0 Å². The van der Waals surface area contributed by atoms with Crippen molar-refractivity contribution in [2.75, 3.05) is 0 Å². The molecule has 0 aromatic heterocycles. The van der Waals surface area contributed by atoms with Crippen molar-refractivity contribution in [1.82, 2.24) is 0 Å². The van der Waals surface area contributed by atoms with E-state index in [2.05, 4.69) is 9.05 Å². The molecular formula is C2H6O8P2. The van der Waals surface area contributed by atoms with Gasteiger partial charge in [0, 0.05) is 0 Å². The molecule has 0 rings (SSSR count). The summed E-state index contributed by atoms with van der Waals surface area (Å²) in [7, 11) is -9.33. The minimum atomic E-state index is -4.67. The Morgan fingerprint density at radius 1 is 0.833 bits per heavy atom. The lowest BCUT2D eigenvalue weighted by atomic mass is 11.1. The molecule has 0 aliphatic heterocycles. The third-order valence-corrected chi connectivity index (χ3v) is 1.24. The first-order valence-electron chi connectivity index (χ1n) is 2.34. The Morgan fingerprint density at radius 3 is 1.25 bits per heavy atom. The number of hydrogen-bond donors (Lipinski definition) is 4. The first-order valence-corrected chi connectivity index (χ1v) is 5.40. The second-order valence-corrected chi connectivity index (χ2v) is 3.85. The monoisotopic (exact) mass is 220 g/mol. The lowest BCUT2D eigenvalue weighted by molar-refractivity contribution is 0.236. The summed E-state index contributed by atoms with van der Waals surface area (Å²) in [4.78, 5) is 32.1. The van der Waals surface area contributed by atoms with Gasteiger partial charge in [-0.3, -0.25) is 19.6 Å². The molecule has 0 unspecified atom stereocenters. The minimum Gasteiger partial charge on any atom is -0.409 e. The van der Waals surface area contributed by atoms with Crippen LogP contribution >= 0.6 is 15.6 Å². The lowest BCUT2D eigenvalue weighted by Crippen LogP contribution is -1.81. The number of phosphoric acid groups is 2. The molecule has 0 aromatic rings. The van der Waals surface area contributed by atoms with Crippen molar-refractivity contribution >= 4 is 15.6 Å². The summed E-state index contributed by atoms with van der Waals surface area (Å²) < 4.78 is 27.1. The van der Waals surface area contributed by atoms with Gasteiger partial charge in [0.05, 0.1) is 0 Å². The summed E-state index contributed by atoms with van der Waals surface area (Å²) >= 11 is 0. The Balaban J connectivity index is 3.81. The van der Waals surface area contributed by atoms with Crippen LogP contribution in [-0.4, -0.2) is 19.6 Å². The lowest BCUT2D eigenvalue weighted by Gasteiger charge is -2.01. The maximum atomic E-state index is 9.93. The van der Waals surface area contributed by atoms with Gasteiger partial charge in [0.15, 0.2) is 0 Å². The molecule has 0 saturated carbocycles. The van der Waals surface area contributed by atoms with Crippen LogP contribution in [0.2, 0.25) is 0 Å². The van der Waals surface area contributed by atoms with Crippen molar-refractivity contribution in [3.05, 3.63) is 12.5 Å². The zero-order chi connectivity index (χ0) is 9.83. The van der Waals surface area contributed by atoms with Crippen molar-refractivity contribution in [3.63, 3.8) is 0 Å². The minimum absolute atomic E-state index is 0.333. The van der Waals surface area contributed by atoms with Gasteiger partial charge in [0.25, 0.3) is 0 Å². The molecule has 0 atom stereocenters. The molecule has 0 aromatic carbocycles. The fraction of sp³-hybridized carbons (Fsp3) is 0. The number of rotatable bonds is 4. The standard InChI is InChI=1S/C2H6O8P2/c3-11(4,5)9-1-2-10-12(6,7)8/h1-2H,(H2,3,4,5)(H2,6,7,8)/b2-1+. The molecule has 0 heterocycles. The summed E-state index contributed by atoms with van der Waals surface area (Å²) in [5.74, 6) is 0. The van der Waals surface area contributed by atoms with Crippen LogP contribution in [0.4, 0.5) is 0 Å². The average Bonchev–Trinajstić information content (AvgIpc) is 1.76. The van der Waals surface area contributed by atoms with Gasteiger partial charge in [-0.25, -0.2) is 9.13 Å². The Morgan fingerprint density at radius 2 is 1.08 bits per heavy atom. The smallest absolute Gasteiger partial charge is 0.409 e. The first-order chi connectivity index (χ1) is 5.21. The maximum absolute atomic E-state index is 9.93. The summed E-state index contributed by atoms with van der Waals surface area (Å²) in [5.41, 5.74) is 0. The topological polar surface area (TPSA) is 134 Å². The van der Waals surface area contributed by atoms with Crippen LogP contribution in [0.3, 0.4) is 0 Å². The number of hydrogen-bond acceptors (Lipinski definition) is 4. The highest BCUT2D eigenvalue weighted by molar-refractivity contribution is 7.46. The highest BCUT2D eigenvalue weighted by Gasteiger charge is 2.14. The Hall–Kier alpha value is -0.360. The fourth-order valence-corrected chi connectivity index (χ4v) is 0.625. The third kappa shape index (κ3) is 9.64. The van der Waals surface area contributed by atoms with Gasteiger partial charge in [-0.15, -0.1) is 0 Å². The predicted molar refractivity (Wildman–Crippen MR) is 35.4 cm³/mol. The zero-order valence-corrected chi connectivity index (χ0v) is 7.26. The molecule has 0 bridgehead atoms. The molecule has 0 aliphatic rings. The molecule has 0 amide bonds. The molecule has 0 fully saturated rings. The van der Waals surface area contributed by atoms with Gasteiger partial charge < -0.3 is 9.05 Å². The fourth-order valence-electron chi connectivity index (χ4n) is 0.208. The van der Waals surface area contributed by atoms with Gasteiger partial charge >= 0.3 is 15.6 Å². The van der Waals surface area contributed by atoms with Crippen LogP contribution in [0, 0.1) is 0 Å². The molecule has 0 spiro atoms. The van der Waals surface area contributed by atoms with Crippen LogP contribution in [0.15, 0.2) is 12.5 Å². The van der Waals surface area contributed by atoms with E-state index >= 15 is 0 Å². The van der Waals surface area contributed by atoms with E-state index in [1.165, 1.54) is 0 Å². The predicted octanol–water partition coefficient (Wildman–Crippen LogP) is -0.324. The van der Waals surface area contributed by atoms with Gasteiger partial charge in [0.2, 0.25) is 0 Å². The zero-order valence-electron chi connectivity index (χ0n) is 5.47. The van der Waals surface area contributed by atoms with Crippen LogP contribution in [-0.2, 0) is 18.2 Å². The molecule has 12 heavy (non-hydrogen) atoms. The van der Waals surface area contributed by atoms with E-state index in [0.717, 1.165) is 0 Å². The van der Waals surface area contributed by atoms with Gasteiger partial charge in [-0.05, 0) is 0 Å². The van der Waals surface area contributed by atoms with Crippen molar-refractivity contribution in [3.8, 4) is 0 Å². The highest BCUT2D eigenvalue weighted by Crippen LogP contribution is 2.38. The van der Waals surface area contributed by atoms with Crippen molar-refractivity contribution in [1.29, 1.82) is 0 Å². The van der Waals surface area contributed by atoms with Crippen LogP contribution < -0.4 is 0 Å². The molecule has 10 heteroatoms. The van der Waals surface area contributed by atoms with E-state index in [0.29, 0.717) is 12.5 Å². The summed E-state index contributed by atoms with van der Waals surface area (Å²) in [5, 5.41) is 0.